The summed E-state index contributed by atoms with van der Waals surface area (Å²) in [6.07, 6.45) is 5.28. The molecule has 30 heavy (non-hydrogen) atoms. The number of terminal acetylenes is 1. The predicted octanol–water partition coefficient (Wildman–Crippen LogP) is 2.11. The van der Waals surface area contributed by atoms with E-state index in [9.17, 15) is 24.0 Å². The number of nitrogens with zero attached hydrogens (tertiary/aromatic N) is 2. The summed E-state index contributed by atoms with van der Waals surface area (Å²) in [5, 5.41) is 0. The maximum Gasteiger partial charge on any atom is 0.424 e. The molecule has 1 spiro atoms. The molecule has 1 saturated carbocycles. The van der Waals surface area contributed by atoms with Crippen LogP contribution >= 0.6 is 0 Å². The van der Waals surface area contributed by atoms with Crippen LogP contribution in [0, 0.1) is 17.8 Å². The lowest BCUT2D eigenvalue weighted by atomic mass is 9.89. The molecule has 1 saturated heterocycles. The summed E-state index contributed by atoms with van der Waals surface area (Å²) in [7, 11) is 0. The highest BCUT2D eigenvalue weighted by atomic mass is 16.6. The first-order valence-electron chi connectivity index (χ1n) is 9.60. The first-order chi connectivity index (χ1) is 14.0. The van der Waals surface area contributed by atoms with Gasteiger partial charge < -0.3 is 4.74 Å². The van der Waals surface area contributed by atoms with Crippen molar-refractivity contribution < 1.29 is 28.7 Å². The van der Waals surface area contributed by atoms with Crippen LogP contribution < -0.4 is 0 Å². The van der Waals surface area contributed by atoms with E-state index in [0.29, 0.717) is 17.7 Å². The average Bonchev–Trinajstić information content (AvgIpc) is 3.39. The predicted molar refractivity (Wildman–Crippen MR) is 103 cm³/mol. The largest absolute Gasteiger partial charge is 0.443 e. The third-order valence-corrected chi connectivity index (χ3v) is 5.59. The second-order valence-electron chi connectivity index (χ2n) is 8.81. The zero-order chi connectivity index (χ0) is 22.0. The minimum Gasteiger partial charge on any atom is -0.443 e. The van der Waals surface area contributed by atoms with Crippen LogP contribution in [-0.4, -0.2) is 51.2 Å². The van der Waals surface area contributed by atoms with Crippen LogP contribution in [0.5, 0.6) is 0 Å². The van der Waals surface area contributed by atoms with E-state index in [1.54, 1.807) is 26.8 Å². The van der Waals surface area contributed by atoms with Crippen molar-refractivity contribution in [1.29, 1.82) is 0 Å². The van der Waals surface area contributed by atoms with Crippen molar-refractivity contribution in [3.05, 3.63) is 34.9 Å². The Morgan fingerprint density at radius 2 is 1.83 bits per heavy atom. The third-order valence-electron chi connectivity index (χ3n) is 5.59. The lowest BCUT2D eigenvalue weighted by Gasteiger charge is -2.38. The molecule has 2 fully saturated rings. The van der Waals surface area contributed by atoms with E-state index in [1.165, 1.54) is 12.1 Å². The van der Waals surface area contributed by atoms with Crippen LogP contribution in [0.3, 0.4) is 0 Å². The van der Waals surface area contributed by atoms with E-state index >= 15 is 0 Å². The zero-order valence-electron chi connectivity index (χ0n) is 16.9. The van der Waals surface area contributed by atoms with Gasteiger partial charge in [0.05, 0.1) is 16.5 Å². The third kappa shape index (κ3) is 2.81. The van der Waals surface area contributed by atoms with Gasteiger partial charge in [-0.3, -0.25) is 24.1 Å². The van der Waals surface area contributed by atoms with Gasteiger partial charge in [0.1, 0.15) is 11.6 Å². The van der Waals surface area contributed by atoms with Crippen molar-refractivity contribution in [2.24, 2.45) is 5.41 Å². The number of hydrogen-bond acceptors (Lipinski definition) is 6. The number of imide groups is 4. The van der Waals surface area contributed by atoms with Gasteiger partial charge in [-0.15, -0.1) is 6.42 Å². The standard InChI is InChI=1S/C22H20N2O6/c1-5-12-7-6-8-13-15(12)18(27)23(16(13)25)14-11-22(9-10-22)19(28)24(17(14)26)20(29)30-21(2,3)4/h1,6-8,14H,9-11H2,2-4H3. The molecule has 154 valence electrons. The van der Waals surface area contributed by atoms with Gasteiger partial charge in [-0.05, 0) is 52.2 Å². The van der Waals surface area contributed by atoms with Crippen LogP contribution in [0.4, 0.5) is 4.79 Å². The van der Waals surface area contributed by atoms with Gasteiger partial charge in [0.25, 0.3) is 17.7 Å². The Morgan fingerprint density at radius 3 is 2.40 bits per heavy atom. The smallest absolute Gasteiger partial charge is 0.424 e. The summed E-state index contributed by atoms with van der Waals surface area (Å²) in [6, 6.07) is 3.28. The van der Waals surface area contributed by atoms with E-state index in [1.807, 2.05) is 0 Å². The molecule has 0 bridgehead atoms. The number of carbonyl (C=O) groups is 5. The SMILES string of the molecule is C#Cc1cccc2c1C(=O)N(C1CC3(CC3)C(=O)N(C(=O)OC(C)(C)C)C1=O)C2=O. The highest BCUT2D eigenvalue weighted by Crippen LogP contribution is 2.54. The van der Waals surface area contributed by atoms with Crippen molar-refractivity contribution >= 4 is 29.7 Å². The first-order valence-corrected chi connectivity index (χ1v) is 9.60. The molecule has 0 aromatic heterocycles. The monoisotopic (exact) mass is 408 g/mol. The van der Waals surface area contributed by atoms with E-state index in [0.717, 1.165) is 4.90 Å². The van der Waals surface area contributed by atoms with Crippen LogP contribution in [0.15, 0.2) is 18.2 Å². The number of ether oxygens (including phenoxy) is 1. The van der Waals surface area contributed by atoms with E-state index in [4.69, 9.17) is 11.2 Å². The normalized spacial score (nSPS) is 22.3. The van der Waals surface area contributed by atoms with Gasteiger partial charge in [-0.1, -0.05) is 12.0 Å². The number of carbonyl (C=O) groups excluding carboxylic acids is 5. The van der Waals surface area contributed by atoms with Crippen LogP contribution in [0.1, 0.15) is 66.3 Å². The van der Waals surface area contributed by atoms with E-state index < -0.39 is 46.8 Å². The zero-order valence-corrected chi connectivity index (χ0v) is 16.9. The summed E-state index contributed by atoms with van der Waals surface area (Å²) >= 11 is 0. The van der Waals surface area contributed by atoms with E-state index in [-0.39, 0.29) is 23.1 Å². The molecule has 3 aliphatic rings. The number of amides is 5. The molecule has 1 unspecified atom stereocenters. The molecule has 1 aliphatic carbocycles. The molecule has 2 aliphatic heterocycles. The molecule has 0 N–H and O–H groups in total. The molecule has 5 amide bonds. The summed E-state index contributed by atoms with van der Waals surface area (Å²) in [6.45, 7) is 4.83. The Kier molecular flexibility index (Phi) is 4.14. The molecule has 8 nitrogen and oxygen atoms in total. The summed E-state index contributed by atoms with van der Waals surface area (Å²) < 4.78 is 5.23. The van der Waals surface area contributed by atoms with Gasteiger partial charge in [-0.2, -0.15) is 4.90 Å². The fourth-order valence-electron chi connectivity index (χ4n) is 3.99. The fraction of sp³-hybridized carbons (Fsp3) is 0.409. The second kappa shape index (κ2) is 6.26. The summed E-state index contributed by atoms with van der Waals surface area (Å²) in [4.78, 5) is 66.1. The van der Waals surface area contributed by atoms with Gasteiger partial charge in [0.2, 0.25) is 5.91 Å². The molecule has 2 heterocycles. The number of piperidine rings is 1. The molecular formula is C22H20N2O6. The first kappa shape index (κ1) is 19.8. The lowest BCUT2D eigenvalue weighted by molar-refractivity contribution is -0.155. The van der Waals surface area contributed by atoms with Crippen molar-refractivity contribution in [3.63, 3.8) is 0 Å². The van der Waals surface area contributed by atoms with E-state index in [2.05, 4.69) is 5.92 Å². The van der Waals surface area contributed by atoms with Crippen molar-refractivity contribution in [1.82, 2.24) is 9.80 Å². The molecule has 1 aromatic carbocycles. The van der Waals surface area contributed by atoms with Crippen LogP contribution in [0.25, 0.3) is 0 Å². The Balaban J connectivity index is 1.73. The Hall–Kier alpha value is -3.47. The molecule has 8 heteroatoms. The van der Waals surface area contributed by atoms with Crippen molar-refractivity contribution in [2.45, 2.75) is 51.7 Å². The number of likely N-dealkylation sites (tertiary alicyclic amines) is 1. The summed E-state index contributed by atoms with van der Waals surface area (Å²) in [5.74, 6) is -0.568. The lowest BCUT2D eigenvalue weighted by Crippen LogP contribution is -2.61. The Labute approximate surface area is 173 Å². The molecule has 0 radical (unpaired) electrons. The van der Waals surface area contributed by atoms with Gasteiger partial charge in [0.15, 0.2) is 0 Å². The molecule has 1 aromatic rings. The van der Waals surface area contributed by atoms with Crippen LogP contribution in [-0.2, 0) is 14.3 Å². The van der Waals surface area contributed by atoms with Gasteiger partial charge in [-0.25, -0.2) is 4.79 Å². The number of rotatable bonds is 1. The average molecular weight is 408 g/mol. The Morgan fingerprint density at radius 1 is 1.17 bits per heavy atom. The molecule has 4 rings (SSSR count). The maximum absolute atomic E-state index is 13.2. The number of fused-ring (bicyclic) bond motifs is 1. The van der Waals surface area contributed by atoms with Crippen LogP contribution in [0.2, 0.25) is 0 Å². The van der Waals surface area contributed by atoms with Gasteiger partial charge in [0, 0.05) is 5.56 Å². The second-order valence-corrected chi connectivity index (χ2v) is 8.81. The molecular weight excluding hydrogens is 388 g/mol. The molecule has 1 atom stereocenters. The van der Waals surface area contributed by atoms with Crippen molar-refractivity contribution in [3.8, 4) is 12.3 Å². The summed E-state index contributed by atoms with van der Waals surface area (Å²) in [5.41, 5.74) is -1.46. The quantitative estimate of drug-likeness (QED) is 0.521. The van der Waals surface area contributed by atoms with Crippen molar-refractivity contribution in [2.75, 3.05) is 0 Å². The topological polar surface area (TPSA) is 101 Å². The minimum atomic E-state index is -1.28. The van der Waals surface area contributed by atoms with Gasteiger partial charge >= 0.3 is 6.09 Å². The number of hydrogen-bond donors (Lipinski definition) is 0. The fourth-order valence-corrected chi connectivity index (χ4v) is 3.99. The Bertz CT molecular complexity index is 1070. The highest BCUT2D eigenvalue weighted by Gasteiger charge is 2.63. The highest BCUT2D eigenvalue weighted by molar-refractivity contribution is 6.25. The number of benzene rings is 1. The minimum absolute atomic E-state index is 0.0131. The maximum atomic E-state index is 13.2.